The molecule has 0 aliphatic carbocycles. The molecule has 5 nitrogen and oxygen atoms in total. The lowest BCUT2D eigenvalue weighted by molar-refractivity contribution is -0.480. The number of nitro groups is 1. The number of rotatable bonds is 5. The van der Waals surface area contributed by atoms with Gasteiger partial charge in [0.05, 0.1) is 0 Å². The summed E-state index contributed by atoms with van der Waals surface area (Å²) in [5.41, 5.74) is 0. The predicted octanol–water partition coefficient (Wildman–Crippen LogP) is 1.45. The van der Waals surface area contributed by atoms with Crippen molar-refractivity contribution in [3.8, 4) is 0 Å². The first-order valence-electron chi connectivity index (χ1n) is 5.60. The van der Waals surface area contributed by atoms with Crippen LogP contribution in [0.1, 0.15) is 38.5 Å². The third-order valence-electron chi connectivity index (χ3n) is 2.69. The van der Waals surface area contributed by atoms with Crippen molar-refractivity contribution in [3.05, 3.63) is 10.1 Å². The summed E-state index contributed by atoms with van der Waals surface area (Å²) in [5.74, 6) is 0.216. The lowest BCUT2D eigenvalue weighted by Crippen LogP contribution is -2.31. The molecule has 1 rings (SSSR count). The van der Waals surface area contributed by atoms with Crippen LogP contribution in [0.4, 0.5) is 0 Å². The Labute approximate surface area is 89.6 Å². The number of likely N-dealkylation sites (tertiary alicyclic amines) is 1. The molecule has 1 aliphatic rings. The second-order valence-electron chi connectivity index (χ2n) is 3.95. The van der Waals surface area contributed by atoms with E-state index >= 15 is 0 Å². The molecule has 0 bridgehead atoms. The molecule has 1 amide bonds. The summed E-state index contributed by atoms with van der Waals surface area (Å²) in [6.07, 6.45) is 5.14. The number of hydrogen-bond donors (Lipinski definition) is 0. The van der Waals surface area contributed by atoms with Gasteiger partial charge in [0.1, 0.15) is 0 Å². The largest absolute Gasteiger partial charge is 0.343 e. The maximum Gasteiger partial charge on any atom is 0.222 e. The van der Waals surface area contributed by atoms with Crippen LogP contribution in [0.5, 0.6) is 0 Å². The number of carbonyl (C=O) groups is 1. The summed E-state index contributed by atoms with van der Waals surface area (Å²) in [7, 11) is 0. The highest BCUT2D eigenvalue weighted by atomic mass is 16.6. The Hall–Kier alpha value is -1.13. The number of hydrogen-bond acceptors (Lipinski definition) is 3. The Morgan fingerprint density at radius 1 is 1.27 bits per heavy atom. The van der Waals surface area contributed by atoms with Crippen LogP contribution in [-0.4, -0.2) is 35.4 Å². The van der Waals surface area contributed by atoms with E-state index in [1.807, 2.05) is 4.90 Å². The third kappa shape index (κ3) is 4.76. The molecule has 0 radical (unpaired) electrons. The van der Waals surface area contributed by atoms with Crippen LogP contribution in [0, 0.1) is 10.1 Å². The quantitative estimate of drug-likeness (QED) is 0.395. The Kier molecular flexibility index (Phi) is 5.07. The van der Waals surface area contributed by atoms with Gasteiger partial charge >= 0.3 is 0 Å². The molecule has 0 N–H and O–H groups in total. The van der Waals surface area contributed by atoms with Crippen molar-refractivity contribution in [1.29, 1.82) is 0 Å². The van der Waals surface area contributed by atoms with Crippen molar-refractivity contribution >= 4 is 5.91 Å². The van der Waals surface area contributed by atoms with Crippen LogP contribution in [0.15, 0.2) is 0 Å². The number of amides is 1. The molecule has 1 heterocycles. The summed E-state index contributed by atoms with van der Waals surface area (Å²) >= 11 is 0. The fraction of sp³-hybridized carbons (Fsp3) is 0.900. The molecule has 1 aliphatic heterocycles. The Balaban J connectivity index is 2.18. The topological polar surface area (TPSA) is 63.5 Å². The van der Waals surface area contributed by atoms with Crippen LogP contribution in [0.3, 0.4) is 0 Å². The molecular formula is C10H18N2O3. The van der Waals surface area contributed by atoms with Gasteiger partial charge < -0.3 is 4.90 Å². The van der Waals surface area contributed by atoms with E-state index in [2.05, 4.69) is 0 Å². The molecular weight excluding hydrogens is 196 g/mol. The van der Waals surface area contributed by atoms with Crippen LogP contribution in [0.25, 0.3) is 0 Å². The van der Waals surface area contributed by atoms with Crippen molar-refractivity contribution in [2.24, 2.45) is 0 Å². The van der Waals surface area contributed by atoms with Gasteiger partial charge in [-0.15, -0.1) is 0 Å². The van der Waals surface area contributed by atoms with Crippen LogP contribution >= 0.6 is 0 Å². The van der Waals surface area contributed by atoms with Crippen molar-refractivity contribution in [3.63, 3.8) is 0 Å². The normalized spacial score (nSPS) is 17.6. The second kappa shape index (κ2) is 6.37. The van der Waals surface area contributed by atoms with E-state index in [-0.39, 0.29) is 17.4 Å². The summed E-state index contributed by atoms with van der Waals surface area (Å²) in [5, 5.41) is 10.1. The molecule has 5 heteroatoms. The molecule has 15 heavy (non-hydrogen) atoms. The number of unbranched alkanes of at least 4 members (excludes halogenated alkanes) is 1. The van der Waals surface area contributed by atoms with Crippen molar-refractivity contribution in [2.45, 2.75) is 38.5 Å². The fourth-order valence-electron chi connectivity index (χ4n) is 1.82. The van der Waals surface area contributed by atoms with E-state index in [1.165, 1.54) is 0 Å². The standard InChI is InChI=1S/C10H18N2O3/c13-10-6-2-1-3-7-11(10)8-4-5-9-12(14)15/h1-9H2. The monoisotopic (exact) mass is 214 g/mol. The molecule has 0 aromatic rings. The highest BCUT2D eigenvalue weighted by Crippen LogP contribution is 2.11. The lowest BCUT2D eigenvalue weighted by atomic mass is 10.2. The van der Waals surface area contributed by atoms with Gasteiger partial charge in [0.15, 0.2) is 0 Å². The molecule has 0 aromatic heterocycles. The highest BCUT2D eigenvalue weighted by Gasteiger charge is 2.15. The third-order valence-corrected chi connectivity index (χ3v) is 2.69. The summed E-state index contributed by atoms with van der Waals surface area (Å²) < 4.78 is 0. The van der Waals surface area contributed by atoms with E-state index in [4.69, 9.17) is 0 Å². The Morgan fingerprint density at radius 2 is 2.07 bits per heavy atom. The summed E-state index contributed by atoms with van der Waals surface area (Å²) in [4.78, 5) is 23.2. The number of carbonyl (C=O) groups excluding carboxylic acids is 1. The van der Waals surface area contributed by atoms with Crippen molar-refractivity contribution < 1.29 is 9.72 Å². The maximum absolute atomic E-state index is 11.5. The maximum atomic E-state index is 11.5. The predicted molar refractivity (Wildman–Crippen MR) is 56.1 cm³/mol. The molecule has 1 saturated heterocycles. The molecule has 0 spiro atoms. The molecule has 0 atom stereocenters. The Morgan fingerprint density at radius 3 is 2.80 bits per heavy atom. The zero-order valence-electron chi connectivity index (χ0n) is 8.98. The molecule has 0 aromatic carbocycles. The van der Waals surface area contributed by atoms with Crippen LogP contribution < -0.4 is 0 Å². The zero-order chi connectivity index (χ0) is 11.1. The van der Waals surface area contributed by atoms with E-state index < -0.39 is 0 Å². The van der Waals surface area contributed by atoms with Gasteiger partial charge in [-0.25, -0.2) is 0 Å². The first-order chi connectivity index (χ1) is 7.20. The zero-order valence-corrected chi connectivity index (χ0v) is 8.98. The van der Waals surface area contributed by atoms with Crippen molar-refractivity contribution in [1.82, 2.24) is 4.90 Å². The highest BCUT2D eigenvalue weighted by molar-refractivity contribution is 5.76. The van der Waals surface area contributed by atoms with Crippen molar-refractivity contribution in [2.75, 3.05) is 19.6 Å². The number of nitrogens with zero attached hydrogens (tertiary/aromatic N) is 2. The van der Waals surface area contributed by atoms with Gasteiger partial charge in [-0.2, -0.15) is 0 Å². The SMILES string of the molecule is O=C1CCCCCN1CCCC[N+](=O)[O-]. The average Bonchev–Trinajstić information content (AvgIpc) is 2.38. The Bertz CT molecular complexity index is 231. The first-order valence-corrected chi connectivity index (χ1v) is 5.60. The van der Waals surface area contributed by atoms with Crippen LogP contribution in [-0.2, 0) is 4.79 Å². The van der Waals surface area contributed by atoms with Gasteiger partial charge in [-0.3, -0.25) is 14.9 Å². The smallest absolute Gasteiger partial charge is 0.222 e. The van der Waals surface area contributed by atoms with Gasteiger partial charge in [0.2, 0.25) is 12.5 Å². The van der Waals surface area contributed by atoms with E-state index in [0.717, 1.165) is 32.2 Å². The van der Waals surface area contributed by atoms with Gasteiger partial charge in [0, 0.05) is 30.9 Å². The first kappa shape index (κ1) is 11.9. The van der Waals surface area contributed by atoms with E-state index in [9.17, 15) is 14.9 Å². The molecule has 0 unspecified atom stereocenters. The molecule has 86 valence electrons. The van der Waals surface area contributed by atoms with Gasteiger partial charge in [-0.1, -0.05) is 6.42 Å². The minimum Gasteiger partial charge on any atom is -0.343 e. The molecule has 0 saturated carbocycles. The fourth-order valence-corrected chi connectivity index (χ4v) is 1.82. The van der Waals surface area contributed by atoms with E-state index in [0.29, 0.717) is 19.4 Å². The van der Waals surface area contributed by atoms with Gasteiger partial charge in [-0.05, 0) is 19.3 Å². The van der Waals surface area contributed by atoms with E-state index in [1.54, 1.807) is 0 Å². The summed E-state index contributed by atoms with van der Waals surface area (Å²) in [6.45, 7) is 1.53. The second-order valence-corrected chi connectivity index (χ2v) is 3.95. The van der Waals surface area contributed by atoms with Crippen LogP contribution in [0.2, 0.25) is 0 Å². The average molecular weight is 214 g/mol. The summed E-state index contributed by atoms with van der Waals surface area (Å²) in [6, 6.07) is 0. The lowest BCUT2D eigenvalue weighted by Gasteiger charge is -2.19. The minimum absolute atomic E-state index is 0.0159. The minimum atomic E-state index is -0.301. The van der Waals surface area contributed by atoms with Gasteiger partial charge in [0.25, 0.3) is 0 Å². The molecule has 1 fully saturated rings.